The van der Waals surface area contributed by atoms with Crippen molar-refractivity contribution >= 4 is 23.4 Å². The van der Waals surface area contributed by atoms with Gasteiger partial charge in [0.25, 0.3) is 0 Å². The Morgan fingerprint density at radius 3 is 2.90 bits per heavy atom. The zero-order valence-corrected chi connectivity index (χ0v) is 12.9. The molecule has 0 radical (unpaired) electrons. The van der Waals surface area contributed by atoms with E-state index < -0.39 is 5.97 Å². The van der Waals surface area contributed by atoms with Gasteiger partial charge in [-0.3, -0.25) is 4.57 Å². The molecule has 2 aromatic heterocycles. The van der Waals surface area contributed by atoms with Crippen molar-refractivity contribution in [2.24, 2.45) is 0 Å². The summed E-state index contributed by atoms with van der Waals surface area (Å²) >= 11 is 1.53. The monoisotopic (exact) mass is 301 g/mol. The van der Waals surface area contributed by atoms with Crippen LogP contribution in [0.2, 0.25) is 0 Å². The third kappa shape index (κ3) is 3.03. The van der Waals surface area contributed by atoms with E-state index in [1.807, 2.05) is 35.9 Å². The first kappa shape index (κ1) is 15.0. The fourth-order valence-corrected chi connectivity index (χ4v) is 2.81. The maximum Gasteiger partial charge on any atom is 0.348 e. The molecule has 0 N–H and O–H groups in total. The number of aryl methyl sites for hydroxylation is 1. The van der Waals surface area contributed by atoms with E-state index in [0.29, 0.717) is 0 Å². The van der Waals surface area contributed by atoms with Crippen molar-refractivity contribution in [2.45, 2.75) is 20.8 Å². The van der Waals surface area contributed by atoms with Crippen LogP contribution >= 0.6 is 11.3 Å². The van der Waals surface area contributed by atoms with Gasteiger partial charge in [0.15, 0.2) is 5.13 Å². The molecular formula is C15H15N3O2S. The van der Waals surface area contributed by atoms with Crippen molar-refractivity contribution in [3.63, 3.8) is 0 Å². The van der Waals surface area contributed by atoms with Gasteiger partial charge in [-0.25, -0.2) is 9.78 Å². The van der Waals surface area contributed by atoms with Gasteiger partial charge in [-0.15, -0.1) is 11.3 Å². The summed E-state index contributed by atoms with van der Waals surface area (Å²) in [6.45, 7) is 5.85. The van der Waals surface area contributed by atoms with Gasteiger partial charge in [-0.1, -0.05) is 0 Å². The molecule has 0 spiro atoms. The second kappa shape index (κ2) is 6.37. The molecule has 0 atom stereocenters. The number of ether oxygens (including phenoxy) is 1. The fourth-order valence-electron chi connectivity index (χ4n) is 2.06. The molecule has 108 valence electrons. The highest BCUT2D eigenvalue weighted by Crippen LogP contribution is 2.24. The summed E-state index contributed by atoms with van der Waals surface area (Å²) in [5.74, 6) is -0.598. The number of aromatic nitrogens is 2. The maximum atomic E-state index is 11.7. The molecule has 0 unspecified atom stereocenters. The molecular weight excluding hydrogens is 286 g/mol. The minimum absolute atomic E-state index is 0.00348. The number of rotatable bonds is 4. The van der Waals surface area contributed by atoms with Crippen LogP contribution in [0.4, 0.5) is 0 Å². The lowest BCUT2D eigenvalue weighted by Gasteiger charge is -2.04. The number of nitriles is 1. The summed E-state index contributed by atoms with van der Waals surface area (Å²) in [4.78, 5) is 16.0. The predicted octanol–water partition coefficient (Wildman–Crippen LogP) is 3.02. The first-order valence-corrected chi connectivity index (χ1v) is 7.34. The molecule has 2 rings (SSSR count). The molecule has 0 saturated carbocycles. The molecule has 6 heteroatoms. The Balaban J connectivity index is 2.45. The van der Waals surface area contributed by atoms with E-state index in [-0.39, 0.29) is 12.2 Å². The largest absolute Gasteiger partial charge is 0.462 e. The van der Waals surface area contributed by atoms with Crippen molar-refractivity contribution in [2.75, 3.05) is 6.61 Å². The van der Waals surface area contributed by atoms with Crippen molar-refractivity contribution in [1.82, 2.24) is 9.55 Å². The summed E-state index contributed by atoms with van der Waals surface area (Å²) in [6.07, 6.45) is 3.30. The van der Waals surface area contributed by atoms with E-state index in [4.69, 9.17) is 10.00 Å². The maximum absolute atomic E-state index is 11.7. The number of carbonyl (C=O) groups is 1. The Bertz CT molecular complexity index is 721. The molecule has 21 heavy (non-hydrogen) atoms. The summed E-state index contributed by atoms with van der Waals surface area (Å²) in [7, 11) is 0. The SMILES string of the molecule is CCOC(=O)/C(C#N)=C/c1cc(C)n(-c2nccs2)c1C. The zero-order valence-electron chi connectivity index (χ0n) is 12.1. The van der Waals surface area contributed by atoms with E-state index in [0.717, 1.165) is 22.1 Å². The Morgan fingerprint density at radius 1 is 1.57 bits per heavy atom. The van der Waals surface area contributed by atoms with Crippen molar-refractivity contribution in [1.29, 1.82) is 5.26 Å². The quantitative estimate of drug-likeness (QED) is 0.494. The van der Waals surface area contributed by atoms with E-state index in [1.54, 1.807) is 19.2 Å². The summed E-state index contributed by atoms with van der Waals surface area (Å²) in [6, 6.07) is 3.81. The molecule has 0 saturated heterocycles. The molecule has 0 aliphatic heterocycles. The van der Waals surface area contributed by atoms with Crippen LogP contribution in [0.1, 0.15) is 23.9 Å². The Kier molecular flexibility index (Phi) is 4.55. The third-order valence-corrected chi connectivity index (χ3v) is 3.75. The zero-order chi connectivity index (χ0) is 15.4. The van der Waals surface area contributed by atoms with E-state index in [9.17, 15) is 4.79 Å². The number of hydrogen-bond donors (Lipinski definition) is 0. The first-order chi connectivity index (χ1) is 10.1. The minimum Gasteiger partial charge on any atom is -0.462 e. The van der Waals surface area contributed by atoms with Crippen LogP contribution in [0.3, 0.4) is 0 Å². The van der Waals surface area contributed by atoms with Gasteiger partial charge < -0.3 is 4.74 Å². The number of esters is 1. The van der Waals surface area contributed by atoms with Crippen LogP contribution in [-0.4, -0.2) is 22.1 Å². The highest BCUT2D eigenvalue weighted by molar-refractivity contribution is 7.12. The Hall–Kier alpha value is -2.39. The molecule has 0 aliphatic carbocycles. The molecule has 2 heterocycles. The fraction of sp³-hybridized carbons (Fsp3) is 0.267. The second-order valence-corrected chi connectivity index (χ2v) is 5.24. The van der Waals surface area contributed by atoms with Crippen LogP contribution in [-0.2, 0) is 9.53 Å². The first-order valence-electron chi connectivity index (χ1n) is 6.46. The number of hydrogen-bond acceptors (Lipinski definition) is 5. The number of carbonyl (C=O) groups excluding carboxylic acids is 1. The highest BCUT2D eigenvalue weighted by Gasteiger charge is 2.15. The summed E-state index contributed by atoms with van der Waals surface area (Å²) in [5, 5.41) is 11.9. The van der Waals surface area contributed by atoms with Crippen LogP contribution in [0.5, 0.6) is 0 Å². The minimum atomic E-state index is -0.598. The average molecular weight is 301 g/mol. The lowest BCUT2D eigenvalue weighted by atomic mass is 10.1. The molecule has 0 aliphatic rings. The number of thiazole rings is 1. The van der Waals surface area contributed by atoms with Crippen LogP contribution in [0.15, 0.2) is 23.2 Å². The van der Waals surface area contributed by atoms with Gasteiger partial charge in [0, 0.05) is 23.0 Å². The van der Waals surface area contributed by atoms with Crippen LogP contribution in [0.25, 0.3) is 11.2 Å². The van der Waals surface area contributed by atoms with E-state index in [1.165, 1.54) is 11.3 Å². The van der Waals surface area contributed by atoms with E-state index in [2.05, 4.69) is 4.98 Å². The Labute approximate surface area is 127 Å². The van der Waals surface area contributed by atoms with Gasteiger partial charge in [0.05, 0.1) is 6.61 Å². The lowest BCUT2D eigenvalue weighted by molar-refractivity contribution is -0.137. The van der Waals surface area contributed by atoms with Gasteiger partial charge in [0.2, 0.25) is 0 Å². The molecule has 0 amide bonds. The predicted molar refractivity (Wildman–Crippen MR) is 81.1 cm³/mol. The average Bonchev–Trinajstić information content (AvgIpc) is 3.05. The molecule has 0 bridgehead atoms. The molecule has 0 fully saturated rings. The smallest absolute Gasteiger partial charge is 0.348 e. The van der Waals surface area contributed by atoms with Gasteiger partial charge >= 0.3 is 5.97 Å². The van der Waals surface area contributed by atoms with Crippen molar-refractivity contribution < 1.29 is 9.53 Å². The standard InChI is InChI=1S/C15H15N3O2S/c1-4-20-14(19)13(9-16)8-12-7-10(2)18(11(12)3)15-17-5-6-21-15/h5-8H,4H2,1-3H3/b13-8+. The number of nitrogens with zero attached hydrogens (tertiary/aromatic N) is 3. The van der Waals surface area contributed by atoms with Crippen LogP contribution < -0.4 is 0 Å². The van der Waals surface area contributed by atoms with Crippen molar-refractivity contribution in [3.05, 3.63) is 40.2 Å². The van der Waals surface area contributed by atoms with Gasteiger partial charge in [0.1, 0.15) is 11.6 Å². The van der Waals surface area contributed by atoms with Crippen molar-refractivity contribution in [3.8, 4) is 11.2 Å². The molecule has 5 nitrogen and oxygen atoms in total. The van der Waals surface area contributed by atoms with E-state index >= 15 is 0 Å². The normalized spacial score (nSPS) is 11.2. The summed E-state index contributed by atoms with van der Waals surface area (Å²) in [5.41, 5.74) is 2.73. The molecule has 2 aromatic rings. The lowest BCUT2D eigenvalue weighted by Crippen LogP contribution is -2.06. The molecule has 0 aromatic carbocycles. The highest BCUT2D eigenvalue weighted by atomic mass is 32.1. The summed E-state index contributed by atoms with van der Waals surface area (Å²) < 4.78 is 6.87. The van der Waals surface area contributed by atoms with Gasteiger partial charge in [-0.05, 0) is 38.5 Å². The Morgan fingerprint density at radius 2 is 2.33 bits per heavy atom. The second-order valence-electron chi connectivity index (χ2n) is 4.37. The third-order valence-electron chi connectivity index (χ3n) is 3.00. The van der Waals surface area contributed by atoms with Crippen LogP contribution in [0, 0.1) is 25.2 Å². The van der Waals surface area contributed by atoms with Gasteiger partial charge in [-0.2, -0.15) is 5.26 Å². The topological polar surface area (TPSA) is 67.9 Å².